The minimum atomic E-state index is -0.918. The van der Waals surface area contributed by atoms with Crippen molar-refractivity contribution in [3.8, 4) is 17.1 Å². The van der Waals surface area contributed by atoms with Crippen molar-refractivity contribution in [2.45, 2.75) is 37.1 Å². The summed E-state index contributed by atoms with van der Waals surface area (Å²) in [7, 11) is 1.84. The van der Waals surface area contributed by atoms with Gasteiger partial charge in [0.25, 0.3) is 0 Å². The summed E-state index contributed by atoms with van der Waals surface area (Å²) in [5.74, 6) is -0.651. The van der Waals surface area contributed by atoms with Crippen LogP contribution in [0.1, 0.15) is 12.8 Å². The van der Waals surface area contributed by atoms with Crippen molar-refractivity contribution in [1.29, 1.82) is 0 Å². The van der Waals surface area contributed by atoms with Gasteiger partial charge in [0.2, 0.25) is 0 Å². The quantitative estimate of drug-likeness (QED) is 0.362. The van der Waals surface area contributed by atoms with E-state index in [1.807, 2.05) is 11.9 Å². The number of nitrogens with zero attached hydrogens (tertiary/aromatic N) is 5. The van der Waals surface area contributed by atoms with E-state index in [1.165, 1.54) is 12.1 Å². The number of likely N-dealkylation sites (N-methyl/N-ethyl adjacent to an activating group) is 1. The van der Waals surface area contributed by atoms with Gasteiger partial charge in [0.15, 0.2) is 10.9 Å². The maximum Gasteiger partial charge on any atom is 0.319 e. The average Bonchev–Trinajstić information content (AvgIpc) is 3.44. The van der Waals surface area contributed by atoms with Gasteiger partial charge in [0.05, 0.1) is 15.2 Å². The summed E-state index contributed by atoms with van der Waals surface area (Å²) in [4.78, 5) is 17.4. The Labute approximate surface area is 230 Å². The molecule has 4 fully saturated rings. The fraction of sp³-hybridized carbons (Fsp3) is 0.423. The largest absolute Gasteiger partial charge is 0.462 e. The van der Waals surface area contributed by atoms with Crippen LogP contribution in [0, 0.1) is 11.6 Å². The summed E-state index contributed by atoms with van der Waals surface area (Å²) in [6, 6.07) is 4.87. The third-order valence-corrected chi connectivity index (χ3v) is 9.08. The first kappa shape index (κ1) is 25.1. The zero-order valence-corrected chi connectivity index (χ0v) is 22.5. The summed E-state index contributed by atoms with van der Waals surface area (Å²) < 4.78 is 51.0. The first-order chi connectivity index (χ1) is 18.7. The maximum absolute atomic E-state index is 16.4. The van der Waals surface area contributed by atoms with Gasteiger partial charge in [-0.15, -0.1) is 0 Å². The van der Waals surface area contributed by atoms with Gasteiger partial charge in [-0.25, -0.2) is 18.2 Å². The van der Waals surface area contributed by atoms with Crippen molar-refractivity contribution in [2.75, 3.05) is 43.9 Å². The van der Waals surface area contributed by atoms with E-state index in [0.29, 0.717) is 54.9 Å². The molecule has 4 atom stereocenters. The van der Waals surface area contributed by atoms with Crippen molar-refractivity contribution >= 4 is 55.0 Å². The number of rotatable bonds is 5. The Morgan fingerprint density at radius 3 is 2.62 bits per heavy atom. The molecule has 3 N–H and O–H groups in total. The molecule has 4 aliphatic heterocycles. The number of fused-ring (bicyclic) bond motifs is 4. The SMILES string of the molecule is CN1C[C@H](F)C[C@H]1COc1nc(N2C[C@H]3C[C@@H](C2)N3)c2cc(Cl)c(-c3ccc(F)c4sc(N)nc34)c(F)c2n1. The molecule has 8 nitrogen and oxygen atoms in total. The molecule has 39 heavy (non-hydrogen) atoms. The van der Waals surface area contributed by atoms with Crippen LogP contribution in [0.15, 0.2) is 18.2 Å². The Morgan fingerprint density at radius 2 is 1.90 bits per heavy atom. The van der Waals surface area contributed by atoms with Gasteiger partial charge in [-0.3, -0.25) is 4.90 Å². The first-order valence-corrected chi connectivity index (χ1v) is 14.0. The number of hydrogen-bond donors (Lipinski definition) is 2. The van der Waals surface area contributed by atoms with Crippen LogP contribution in [0.25, 0.3) is 32.2 Å². The number of hydrogen-bond acceptors (Lipinski definition) is 9. The molecule has 2 aromatic heterocycles. The maximum atomic E-state index is 16.4. The summed E-state index contributed by atoms with van der Waals surface area (Å²) in [6.07, 6.45) is 0.514. The highest BCUT2D eigenvalue weighted by molar-refractivity contribution is 7.22. The molecule has 6 heterocycles. The fourth-order valence-corrected chi connectivity index (χ4v) is 7.03. The second-order valence-corrected chi connectivity index (χ2v) is 12.0. The van der Waals surface area contributed by atoms with E-state index in [1.54, 1.807) is 6.07 Å². The molecule has 13 heteroatoms. The molecule has 0 amide bonds. The van der Waals surface area contributed by atoms with E-state index in [-0.39, 0.29) is 50.1 Å². The van der Waals surface area contributed by atoms with Crippen LogP contribution in [0.3, 0.4) is 0 Å². The lowest BCUT2D eigenvalue weighted by Crippen LogP contribution is -2.67. The van der Waals surface area contributed by atoms with Crippen molar-refractivity contribution < 1.29 is 17.9 Å². The van der Waals surface area contributed by atoms with Crippen LogP contribution >= 0.6 is 22.9 Å². The van der Waals surface area contributed by atoms with Crippen LogP contribution in [-0.4, -0.2) is 77.4 Å². The molecular formula is C26H25ClF3N7OS. The van der Waals surface area contributed by atoms with Crippen molar-refractivity contribution in [3.05, 3.63) is 34.9 Å². The Hall–Kier alpha value is -2.93. The fourth-order valence-electron chi connectivity index (χ4n) is 5.97. The third kappa shape index (κ3) is 4.24. The summed E-state index contributed by atoms with van der Waals surface area (Å²) in [5, 5.41) is 4.23. The van der Waals surface area contributed by atoms with E-state index < -0.39 is 17.8 Å². The van der Waals surface area contributed by atoms with E-state index >= 15 is 4.39 Å². The number of nitrogens with two attached hydrogens (primary N) is 1. The van der Waals surface area contributed by atoms with Gasteiger partial charge in [-0.1, -0.05) is 22.9 Å². The van der Waals surface area contributed by atoms with Gasteiger partial charge >= 0.3 is 6.01 Å². The first-order valence-electron chi connectivity index (χ1n) is 12.8. The Bertz CT molecular complexity index is 1600. The number of nitrogen functional groups attached to an aromatic ring is 1. The highest BCUT2D eigenvalue weighted by Crippen LogP contribution is 2.43. The zero-order chi connectivity index (χ0) is 27.0. The normalized spacial score (nSPS) is 25.0. The molecule has 2 bridgehead atoms. The van der Waals surface area contributed by atoms with Crippen LogP contribution in [0.5, 0.6) is 6.01 Å². The molecule has 4 aliphatic rings. The predicted molar refractivity (Wildman–Crippen MR) is 146 cm³/mol. The Kier molecular flexibility index (Phi) is 5.99. The van der Waals surface area contributed by atoms with Crippen LogP contribution < -0.4 is 20.7 Å². The molecule has 204 valence electrons. The highest BCUT2D eigenvalue weighted by atomic mass is 35.5. The summed E-state index contributed by atoms with van der Waals surface area (Å²) in [6.45, 7) is 1.92. The van der Waals surface area contributed by atoms with Crippen molar-refractivity contribution in [1.82, 2.24) is 25.2 Å². The number of ether oxygens (including phenoxy) is 1. The number of piperidine rings is 1. The molecule has 0 saturated carbocycles. The van der Waals surface area contributed by atoms with Crippen molar-refractivity contribution in [3.63, 3.8) is 0 Å². The minimum absolute atomic E-state index is 0.00902. The Balaban J connectivity index is 1.36. The van der Waals surface area contributed by atoms with Crippen molar-refractivity contribution in [2.24, 2.45) is 0 Å². The van der Waals surface area contributed by atoms with Crippen LogP contribution in [0.2, 0.25) is 5.02 Å². The van der Waals surface area contributed by atoms with Gasteiger partial charge < -0.3 is 20.7 Å². The molecule has 4 saturated heterocycles. The van der Waals surface area contributed by atoms with E-state index in [2.05, 4.69) is 25.2 Å². The summed E-state index contributed by atoms with van der Waals surface area (Å²) >= 11 is 7.69. The van der Waals surface area contributed by atoms with Gasteiger partial charge in [-0.2, -0.15) is 9.97 Å². The highest BCUT2D eigenvalue weighted by Gasteiger charge is 2.38. The topological polar surface area (TPSA) is 92.4 Å². The van der Waals surface area contributed by atoms with Gasteiger partial charge in [-0.05, 0) is 38.1 Å². The third-order valence-electron chi connectivity index (χ3n) is 7.89. The molecule has 2 aromatic carbocycles. The summed E-state index contributed by atoms with van der Waals surface area (Å²) in [5.41, 5.74) is 6.48. The lowest BCUT2D eigenvalue weighted by atomic mass is 9.91. The predicted octanol–water partition coefficient (Wildman–Crippen LogP) is 4.39. The lowest BCUT2D eigenvalue weighted by molar-refractivity contribution is 0.187. The molecule has 8 rings (SSSR count). The minimum Gasteiger partial charge on any atom is -0.462 e. The molecular weight excluding hydrogens is 551 g/mol. The standard InChI is InChI=1S/C26H25ClF3N7OS/c1-36-7-11(28)4-14(36)10-38-26-34-21-16(24(35-26)37-8-12-5-13(9-37)32-12)6-17(27)19(20(21)30)15-2-3-18(29)23-22(15)33-25(31)39-23/h2-3,6,11-14,32H,4-5,7-10H2,1H3,(H2,31,33)/t11-,12-,13+,14+/m1/s1. The zero-order valence-electron chi connectivity index (χ0n) is 20.9. The number of alkyl halides is 1. The number of likely N-dealkylation sites (tertiary alicyclic amines) is 1. The number of benzene rings is 2. The number of aromatic nitrogens is 3. The molecule has 0 unspecified atom stereocenters. The molecule has 4 aromatic rings. The molecule has 0 aliphatic carbocycles. The van der Waals surface area contributed by atoms with Crippen LogP contribution in [0.4, 0.5) is 24.1 Å². The number of nitrogens with one attached hydrogen (secondary N) is 1. The lowest BCUT2D eigenvalue weighted by Gasteiger charge is -2.48. The number of piperazine rings is 1. The monoisotopic (exact) mass is 575 g/mol. The van der Waals surface area contributed by atoms with E-state index in [4.69, 9.17) is 22.1 Å². The van der Waals surface area contributed by atoms with Gasteiger partial charge in [0.1, 0.15) is 29.9 Å². The number of anilines is 2. The number of halogens is 4. The smallest absolute Gasteiger partial charge is 0.319 e. The van der Waals surface area contributed by atoms with E-state index in [0.717, 1.165) is 17.8 Å². The molecule has 0 radical (unpaired) electrons. The van der Waals surface area contributed by atoms with E-state index in [9.17, 15) is 8.78 Å². The average molecular weight is 576 g/mol. The van der Waals surface area contributed by atoms with Crippen LogP contribution in [-0.2, 0) is 0 Å². The Morgan fingerprint density at radius 1 is 1.13 bits per heavy atom. The second-order valence-electron chi connectivity index (χ2n) is 10.5. The number of thiazole rings is 1. The van der Waals surface area contributed by atoms with Gasteiger partial charge in [0, 0.05) is 54.3 Å². The molecule has 0 spiro atoms. The second kappa shape index (κ2) is 9.33.